The molecule has 4 aromatic rings. The fourth-order valence-electron chi connectivity index (χ4n) is 3.56. The van der Waals surface area contributed by atoms with Crippen molar-refractivity contribution in [2.45, 2.75) is 32.5 Å². The SMILES string of the molecule is COC(Cc1ccc(OC(C)c2nc(-c3ccccc3)oc2C)c2ccsc12)C(=O)O. The molecule has 6 nitrogen and oxygen atoms in total. The number of methoxy groups -OCH3 is 1. The van der Waals surface area contributed by atoms with Gasteiger partial charge in [-0.05, 0) is 49.1 Å². The number of ether oxygens (including phenoxy) is 2. The van der Waals surface area contributed by atoms with Crippen molar-refractivity contribution < 1.29 is 23.8 Å². The van der Waals surface area contributed by atoms with Gasteiger partial charge in [-0.15, -0.1) is 11.3 Å². The number of nitrogens with zero attached hydrogens (tertiary/aromatic N) is 1. The predicted molar refractivity (Wildman–Crippen MR) is 120 cm³/mol. The average Bonchev–Trinajstić information content (AvgIpc) is 3.41. The molecule has 0 fully saturated rings. The standard InChI is InChI=1S/C24H23NO5S/c1-14(21-15(2)30-23(25-21)16-7-5-4-6-8-16)29-19-10-9-17(13-20(28-3)24(26)27)22-18(19)11-12-31-22/h4-12,14,20H,13H2,1-3H3,(H,26,27). The van der Waals surface area contributed by atoms with Crippen molar-refractivity contribution in [3.63, 3.8) is 0 Å². The molecule has 2 atom stereocenters. The number of carboxylic acids is 1. The molecule has 0 amide bonds. The molecule has 1 N–H and O–H groups in total. The first-order valence-electron chi connectivity index (χ1n) is 9.92. The summed E-state index contributed by atoms with van der Waals surface area (Å²) in [5.41, 5.74) is 2.58. The van der Waals surface area contributed by atoms with E-state index in [1.165, 1.54) is 7.11 Å². The number of rotatable bonds is 8. The van der Waals surface area contributed by atoms with E-state index in [0.717, 1.165) is 32.7 Å². The fraction of sp³-hybridized carbons (Fsp3) is 0.250. The van der Waals surface area contributed by atoms with Gasteiger partial charge in [-0.2, -0.15) is 0 Å². The second kappa shape index (κ2) is 8.91. The molecule has 0 spiro atoms. The van der Waals surface area contributed by atoms with Gasteiger partial charge in [0.15, 0.2) is 6.10 Å². The molecule has 2 unspecified atom stereocenters. The molecule has 2 aromatic carbocycles. The predicted octanol–water partition coefficient (Wildman–Crippen LogP) is 5.65. The van der Waals surface area contributed by atoms with E-state index in [-0.39, 0.29) is 6.10 Å². The van der Waals surface area contributed by atoms with Crippen molar-refractivity contribution in [2.75, 3.05) is 7.11 Å². The average molecular weight is 438 g/mol. The van der Waals surface area contributed by atoms with Crippen molar-refractivity contribution in [1.29, 1.82) is 0 Å². The van der Waals surface area contributed by atoms with Gasteiger partial charge in [-0.25, -0.2) is 9.78 Å². The minimum atomic E-state index is -0.975. The summed E-state index contributed by atoms with van der Waals surface area (Å²) in [4.78, 5) is 16.0. The summed E-state index contributed by atoms with van der Waals surface area (Å²) >= 11 is 1.56. The van der Waals surface area contributed by atoms with Gasteiger partial charge in [0.1, 0.15) is 23.3 Å². The van der Waals surface area contributed by atoms with E-state index in [0.29, 0.717) is 18.1 Å². The van der Waals surface area contributed by atoms with Crippen LogP contribution in [0.15, 0.2) is 58.3 Å². The van der Waals surface area contributed by atoms with Crippen molar-refractivity contribution in [1.82, 2.24) is 4.98 Å². The van der Waals surface area contributed by atoms with Gasteiger partial charge in [0.05, 0.1) is 0 Å². The Morgan fingerprint density at radius 2 is 1.97 bits per heavy atom. The Hall–Kier alpha value is -3.16. The second-order valence-corrected chi connectivity index (χ2v) is 8.16. The number of aliphatic carboxylic acids is 1. The Kier molecular flexibility index (Phi) is 6.06. The van der Waals surface area contributed by atoms with Crippen molar-refractivity contribution in [3.05, 3.63) is 70.9 Å². The first-order valence-corrected chi connectivity index (χ1v) is 10.8. The number of aryl methyl sites for hydroxylation is 1. The zero-order valence-electron chi connectivity index (χ0n) is 17.5. The van der Waals surface area contributed by atoms with Crippen LogP contribution < -0.4 is 4.74 Å². The number of thiophene rings is 1. The molecule has 160 valence electrons. The lowest BCUT2D eigenvalue weighted by atomic mass is 10.1. The minimum absolute atomic E-state index is 0.293. The third kappa shape index (κ3) is 4.33. The van der Waals surface area contributed by atoms with Crippen molar-refractivity contribution in [2.24, 2.45) is 0 Å². The van der Waals surface area contributed by atoms with Gasteiger partial charge in [0, 0.05) is 29.2 Å². The molecule has 0 aliphatic heterocycles. The number of aromatic nitrogens is 1. The quantitative estimate of drug-likeness (QED) is 0.384. The highest BCUT2D eigenvalue weighted by molar-refractivity contribution is 7.17. The zero-order valence-corrected chi connectivity index (χ0v) is 18.3. The summed E-state index contributed by atoms with van der Waals surface area (Å²) in [6.45, 7) is 3.83. The molecule has 0 bridgehead atoms. The molecule has 0 saturated carbocycles. The first-order chi connectivity index (χ1) is 15.0. The Morgan fingerprint density at radius 3 is 2.68 bits per heavy atom. The van der Waals surface area contributed by atoms with E-state index < -0.39 is 12.1 Å². The maximum absolute atomic E-state index is 11.4. The van der Waals surface area contributed by atoms with Crippen LogP contribution in [0.5, 0.6) is 5.75 Å². The van der Waals surface area contributed by atoms with Crippen LogP contribution in [-0.2, 0) is 16.0 Å². The smallest absolute Gasteiger partial charge is 0.333 e. The highest BCUT2D eigenvalue weighted by Crippen LogP contribution is 2.36. The summed E-state index contributed by atoms with van der Waals surface area (Å²) in [7, 11) is 1.41. The number of hydrogen-bond acceptors (Lipinski definition) is 6. The van der Waals surface area contributed by atoms with Crippen LogP contribution in [0.25, 0.3) is 21.5 Å². The summed E-state index contributed by atoms with van der Waals surface area (Å²) in [5, 5.41) is 12.2. The van der Waals surface area contributed by atoms with Crippen LogP contribution in [0.3, 0.4) is 0 Å². The normalized spacial score (nSPS) is 13.3. The summed E-state index contributed by atoms with van der Waals surface area (Å²) in [6, 6.07) is 15.5. The second-order valence-electron chi connectivity index (χ2n) is 7.24. The third-order valence-electron chi connectivity index (χ3n) is 5.17. The molecule has 7 heteroatoms. The molecule has 0 aliphatic carbocycles. The summed E-state index contributed by atoms with van der Waals surface area (Å²) in [5.74, 6) is 1.03. The number of oxazole rings is 1. The number of carbonyl (C=O) groups is 1. The van der Waals surface area contributed by atoms with Gasteiger partial charge in [-0.1, -0.05) is 24.3 Å². The van der Waals surface area contributed by atoms with E-state index in [1.54, 1.807) is 11.3 Å². The lowest BCUT2D eigenvalue weighted by Crippen LogP contribution is -2.24. The first kappa shape index (κ1) is 21.1. The number of hydrogen-bond donors (Lipinski definition) is 1. The highest BCUT2D eigenvalue weighted by Gasteiger charge is 2.22. The van der Waals surface area contributed by atoms with Gasteiger partial charge in [0.2, 0.25) is 5.89 Å². The lowest BCUT2D eigenvalue weighted by Gasteiger charge is -2.16. The molecule has 0 aliphatic rings. The molecule has 0 saturated heterocycles. The van der Waals surface area contributed by atoms with Gasteiger partial charge < -0.3 is 19.0 Å². The van der Waals surface area contributed by atoms with Crippen LogP contribution >= 0.6 is 11.3 Å². The van der Waals surface area contributed by atoms with E-state index in [2.05, 4.69) is 4.98 Å². The number of fused-ring (bicyclic) bond motifs is 1. The van der Waals surface area contributed by atoms with E-state index >= 15 is 0 Å². The van der Waals surface area contributed by atoms with Crippen molar-refractivity contribution in [3.8, 4) is 17.2 Å². The number of carboxylic acid groups (broad SMARTS) is 1. The lowest BCUT2D eigenvalue weighted by molar-refractivity contribution is -0.148. The molecule has 0 radical (unpaired) electrons. The Labute approximate surface area is 184 Å². The topological polar surface area (TPSA) is 81.8 Å². The number of benzene rings is 2. The van der Waals surface area contributed by atoms with Crippen LogP contribution in [0.4, 0.5) is 0 Å². The summed E-state index contributed by atoms with van der Waals surface area (Å²) in [6.07, 6.45) is -0.910. The highest BCUT2D eigenvalue weighted by atomic mass is 32.1. The molecule has 2 aromatic heterocycles. The van der Waals surface area contributed by atoms with E-state index in [4.69, 9.17) is 13.9 Å². The Balaban J connectivity index is 1.60. The van der Waals surface area contributed by atoms with Crippen LogP contribution in [-0.4, -0.2) is 29.3 Å². The minimum Gasteiger partial charge on any atom is -0.484 e. The van der Waals surface area contributed by atoms with E-state index in [1.807, 2.05) is 67.8 Å². The molecular formula is C24H23NO5S. The van der Waals surface area contributed by atoms with Crippen molar-refractivity contribution >= 4 is 27.4 Å². The monoisotopic (exact) mass is 437 g/mol. The maximum atomic E-state index is 11.4. The fourth-order valence-corrected chi connectivity index (χ4v) is 4.50. The van der Waals surface area contributed by atoms with E-state index in [9.17, 15) is 9.90 Å². The molecular weight excluding hydrogens is 414 g/mol. The maximum Gasteiger partial charge on any atom is 0.333 e. The Morgan fingerprint density at radius 1 is 1.19 bits per heavy atom. The largest absolute Gasteiger partial charge is 0.484 e. The van der Waals surface area contributed by atoms with Crippen LogP contribution in [0.1, 0.15) is 30.0 Å². The third-order valence-corrected chi connectivity index (χ3v) is 6.16. The van der Waals surface area contributed by atoms with Gasteiger partial charge in [0.25, 0.3) is 0 Å². The van der Waals surface area contributed by atoms with Gasteiger partial charge >= 0.3 is 5.97 Å². The molecule has 2 heterocycles. The zero-order chi connectivity index (χ0) is 22.0. The Bertz CT molecular complexity index is 1200. The summed E-state index contributed by atoms with van der Waals surface area (Å²) < 4.78 is 18.2. The van der Waals surface area contributed by atoms with Crippen LogP contribution in [0, 0.1) is 6.92 Å². The molecule has 31 heavy (non-hydrogen) atoms. The van der Waals surface area contributed by atoms with Crippen LogP contribution in [0.2, 0.25) is 0 Å². The molecule has 4 rings (SSSR count). The van der Waals surface area contributed by atoms with Gasteiger partial charge in [-0.3, -0.25) is 0 Å².